The molecule has 0 heterocycles. The molecule has 106 valence electrons. The molecule has 3 heteroatoms. The van der Waals surface area contributed by atoms with Gasteiger partial charge < -0.3 is 4.74 Å². The SMILES string of the molecule is COC(=O)C(C)NC(CC(C)(C)C)c1ccccc1. The molecule has 0 aromatic heterocycles. The van der Waals surface area contributed by atoms with E-state index in [1.807, 2.05) is 25.1 Å². The standard InChI is InChI=1S/C16H25NO2/c1-12(15(18)19-5)17-14(11-16(2,3)4)13-9-7-6-8-10-13/h6-10,12,14,17H,11H2,1-5H3. The van der Waals surface area contributed by atoms with Gasteiger partial charge in [0.05, 0.1) is 7.11 Å². The van der Waals surface area contributed by atoms with E-state index in [1.165, 1.54) is 12.7 Å². The van der Waals surface area contributed by atoms with Crippen molar-refractivity contribution in [2.24, 2.45) is 5.41 Å². The predicted molar refractivity (Wildman–Crippen MR) is 77.9 cm³/mol. The highest BCUT2D eigenvalue weighted by Gasteiger charge is 2.24. The van der Waals surface area contributed by atoms with Crippen molar-refractivity contribution >= 4 is 5.97 Å². The predicted octanol–water partition coefficient (Wildman–Crippen LogP) is 3.32. The Kier molecular flexibility index (Phi) is 5.55. The maximum absolute atomic E-state index is 11.6. The van der Waals surface area contributed by atoms with E-state index in [0.717, 1.165) is 6.42 Å². The summed E-state index contributed by atoms with van der Waals surface area (Å²) in [6.07, 6.45) is 0.957. The molecule has 3 nitrogen and oxygen atoms in total. The number of rotatable bonds is 5. The lowest BCUT2D eigenvalue weighted by atomic mass is 9.85. The topological polar surface area (TPSA) is 38.3 Å². The molecule has 19 heavy (non-hydrogen) atoms. The normalized spacial score (nSPS) is 14.8. The summed E-state index contributed by atoms with van der Waals surface area (Å²) >= 11 is 0. The molecule has 0 bridgehead atoms. The van der Waals surface area contributed by atoms with Gasteiger partial charge in [0.1, 0.15) is 6.04 Å². The van der Waals surface area contributed by atoms with Gasteiger partial charge >= 0.3 is 5.97 Å². The third-order valence-corrected chi connectivity index (χ3v) is 3.02. The highest BCUT2D eigenvalue weighted by molar-refractivity contribution is 5.75. The molecule has 0 spiro atoms. The van der Waals surface area contributed by atoms with Crippen molar-refractivity contribution in [2.75, 3.05) is 7.11 Å². The Labute approximate surface area is 116 Å². The number of nitrogens with one attached hydrogen (secondary N) is 1. The van der Waals surface area contributed by atoms with Crippen LogP contribution in [0.2, 0.25) is 0 Å². The van der Waals surface area contributed by atoms with Gasteiger partial charge in [-0.2, -0.15) is 0 Å². The second-order valence-corrected chi connectivity index (χ2v) is 6.14. The molecule has 1 rings (SSSR count). The lowest BCUT2D eigenvalue weighted by molar-refractivity contribution is -0.142. The smallest absolute Gasteiger partial charge is 0.322 e. The van der Waals surface area contributed by atoms with Gasteiger partial charge in [-0.1, -0.05) is 51.1 Å². The van der Waals surface area contributed by atoms with Crippen LogP contribution in [0.15, 0.2) is 30.3 Å². The van der Waals surface area contributed by atoms with Crippen LogP contribution in [0.25, 0.3) is 0 Å². The van der Waals surface area contributed by atoms with Crippen LogP contribution in [0, 0.1) is 5.41 Å². The Morgan fingerprint density at radius 2 is 1.84 bits per heavy atom. The van der Waals surface area contributed by atoms with Crippen molar-refractivity contribution < 1.29 is 9.53 Å². The van der Waals surface area contributed by atoms with E-state index >= 15 is 0 Å². The molecule has 0 aliphatic heterocycles. The molecular weight excluding hydrogens is 238 g/mol. The number of benzene rings is 1. The first-order valence-electron chi connectivity index (χ1n) is 6.72. The molecule has 0 saturated heterocycles. The summed E-state index contributed by atoms with van der Waals surface area (Å²) in [6, 6.07) is 10.1. The average molecular weight is 263 g/mol. The number of hydrogen-bond acceptors (Lipinski definition) is 3. The minimum absolute atomic E-state index is 0.148. The van der Waals surface area contributed by atoms with Gasteiger partial charge in [0.2, 0.25) is 0 Å². The molecule has 0 fully saturated rings. The van der Waals surface area contributed by atoms with Crippen LogP contribution >= 0.6 is 0 Å². The summed E-state index contributed by atoms with van der Waals surface area (Å²) in [7, 11) is 1.42. The molecule has 2 atom stereocenters. The zero-order valence-electron chi connectivity index (χ0n) is 12.6. The molecule has 2 unspecified atom stereocenters. The van der Waals surface area contributed by atoms with Crippen LogP contribution in [0.1, 0.15) is 45.7 Å². The van der Waals surface area contributed by atoms with Crippen LogP contribution in [0.4, 0.5) is 0 Å². The van der Waals surface area contributed by atoms with Crippen molar-refractivity contribution in [3.05, 3.63) is 35.9 Å². The molecule has 0 radical (unpaired) electrons. The van der Waals surface area contributed by atoms with Gasteiger partial charge in [-0.3, -0.25) is 10.1 Å². The van der Waals surface area contributed by atoms with Gasteiger partial charge in [0, 0.05) is 6.04 Å². The summed E-state index contributed by atoms with van der Waals surface area (Å²) in [4.78, 5) is 11.6. The minimum atomic E-state index is -0.308. The lowest BCUT2D eigenvalue weighted by Crippen LogP contribution is -2.38. The number of carbonyl (C=O) groups is 1. The summed E-state index contributed by atoms with van der Waals surface area (Å²) in [5.74, 6) is -0.227. The first-order valence-corrected chi connectivity index (χ1v) is 6.72. The lowest BCUT2D eigenvalue weighted by Gasteiger charge is -2.29. The van der Waals surface area contributed by atoms with Crippen LogP contribution < -0.4 is 5.32 Å². The van der Waals surface area contributed by atoms with Crippen molar-refractivity contribution in [3.8, 4) is 0 Å². The third-order valence-electron chi connectivity index (χ3n) is 3.02. The van der Waals surface area contributed by atoms with E-state index in [9.17, 15) is 4.79 Å². The van der Waals surface area contributed by atoms with Crippen LogP contribution in [-0.4, -0.2) is 19.1 Å². The fourth-order valence-corrected chi connectivity index (χ4v) is 2.12. The van der Waals surface area contributed by atoms with Crippen molar-refractivity contribution in [1.82, 2.24) is 5.32 Å². The second kappa shape index (κ2) is 6.71. The Bertz CT molecular complexity index is 395. The molecular formula is C16H25NO2. The zero-order valence-corrected chi connectivity index (χ0v) is 12.6. The van der Waals surface area contributed by atoms with Gasteiger partial charge in [0.15, 0.2) is 0 Å². The second-order valence-electron chi connectivity index (χ2n) is 6.14. The van der Waals surface area contributed by atoms with Gasteiger partial charge in [-0.05, 0) is 24.3 Å². The van der Waals surface area contributed by atoms with E-state index < -0.39 is 0 Å². The van der Waals surface area contributed by atoms with E-state index in [2.05, 4.69) is 38.2 Å². The monoisotopic (exact) mass is 263 g/mol. The summed E-state index contributed by atoms with van der Waals surface area (Å²) in [5, 5.41) is 3.37. The number of ether oxygens (including phenoxy) is 1. The van der Waals surface area contributed by atoms with Gasteiger partial charge in [0.25, 0.3) is 0 Å². The first-order chi connectivity index (χ1) is 8.83. The maximum Gasteiger partial charge on any atom is 0.322 e. The van der Waals surface area contributed by atoms with Crippen molar-refractivity contribution in [2.45, 2.75) is 46.2 Å². The van der Waals surface area contributed by atoms with Crippen molar-refractivity contribution in [3.63, 3.8) is 0 Å². The average Bonchev–Trinajstić information content (AvgIpc) is 2.36. The molecule has 1 aromatic carbocycles. The van der Waals surface area contributed by atoms with E-state index in [0.29, 0.717) is 0 Å². The first kappa shape index (κ1) is 15.7. The Morgan fingerprint density at radius 1 is 1.26 bits per heavy atom. The summed E-state index contributed by atoms with van der Waals surface area (Å²) in [6.45, 7) is 8.44. The molecule has 0 aliphatic rings. The molecule has 1 N–H and O–H groups in total. The fraction of sp³-hybridized carbons (Fsp3) is 0.562. The third kappa shape index (κ3) is 5.43. The van der Waals surface area contributed by atoms with Crippen LogP contribution in [0.3, 0.4) is 0 Å². The summed E-state index contributed by atoms with van der Waals surface area (Å²) < 4.78 is 4.78. The van der Waals surface area contributed by atoms with E-state index in [-0.39, 0.29) is 23.5 Å². The Balaban J connectivity index is 2.85. The number of esters is 1. The highest BCUT2D eigenvalue weighted by Crippen LogP contribution is 2.29. The largest absolute Gasteiger partial charge is 0.468 e. The molecule has 1 aromatic rings. The number of hydrogen-bond donors (Lipinski definition) is 1. The number of carbonyl (C=O) groups excluding carboxylic acids is 1. The molecule has 0 aliphatic carbocycles. The Hall–Kier alpha value is -1.35. The number of methoxy groups -OCH3 is 1. The fourth-order valence-electron chi connectivity index (χ4n) is 2.12. The summed E-state index contributed by atoms with van der Waals surface area (Å²) in [5.41, 5.74) is 1.39. The van der Waals surface area contributed by atoms with Gasteiger partial charge in [-0.25, -0.2) is 0 Å². The minimum Gasteiger partial charge on any atom is -0.468 e. The quantitative estimate of drug-likeness (QED) is 0.828. The highest BCUT2D eigenvalue weighted by atomic mass is 16.5. The molecule has 0 amide bonds. The van der Waals surface area contributed by atoms with E-state index in [1.54, 1.807) is 0 Å². The van der Waals surface area contributed by atoms with Crippen LogP contribution in [0.5, 0.6) is 0 Å². The van der Waals surface area contributed by atoms with Gasteiger partial charge in [-0.15, -0.1) is 0 Å². The molecule has 0 saturated carbocycles. The zero-order chi connectivity index (χ0) is 14.5. The van der Waals surface area contributed by atoms with E-state index in [4.69, 9.17) is 4.74 Å². The van der Waals surface area contributed by atoms with Crippen molar-refractivity contribution in [1.29, 1.82) is 0 Å². The van der Waals surface area contributed by atoms with Crippen LogP contribution in [-0.2, 0) is 9.53 Å². The Morgan fingerprint density at radius 3 is 2.32 bits per heavy atom. The maximum atomic E-state index is 11.6.